The molecule has 0 saturated carbocycles. The summed E-state index contributed by atoms with van der Waals surface area (Å²) >= 11 is 0. The zero-order chi connectivity index (χ0) is 13.1. The summed E-state index contributed by atoms with van der Waals surface area (Å²) in [4.78, 5) is 10.3. The quantitative estimate of drug-likeness (QED) is 0.893. The number of amides is 1. The van der Waals surface area contributed by atoms with E-state index in [-0.39, 0.29) is 24.6 Å². The predicted octanol–water partition coefficient (Wildman–Crippen LogP) is 2.22. The summed E-state index contributed by atoms with van der Waals surface area (Å²) in [5.41, 5.74) is 9.70. The van der Waals surface area contributed by atoms with Crippen LogP contribution in [0.5, 0.6) is 0 Å². The Kier molecular flexibility index (Phi) is 5.93. The maximum atomic E-state index is 12.4. The molecule has 1 rings (SSSR count). The molecular formula is C10H12ClF3N2O2. The number of benzene rings is 1. The first-order valence-electron chi connectivity index (χ1n) is 4.65. The zero-order valence-corrected chi connectivity index (χ0v) is 9.92. The largest absolute Gasteiger partial charge is 0.448 e. The van der Waals surface area contributed by atoms with Crippen LogP contribution in [-0.4, -0.2) is 12.7 Å². The molecule has 1 amide bonds. The first-order valence-corrected chi connectivity index (χ1v) is 4.65. The number of hydrogen-bond acceptors (Lipinski definition) is 3. The van der Waals surface area contributed by atoms with Gasteiger partial charge in [-0.1, -0.05) is 12.1 Å². The summed E-state index contributed by atoms with van der Waals surface area (Å²) < 4.78 is 41.6. The van der Waals surface area contributed by atoms with E-state index < -0.39 is 23.9 Å². The summed E-state index contributed by atoms with van der Waals surface area (Å²) in [5, 5.41) is 0. The molecule has 0 aliphatic heterocycles. The Morgan fingerprint density at radius 3 is 2.50 bits per heavy atom. The van der Waals surface area contributed by atoms with Crippen molar-refractivity contribution in [1.29, 1.82) is 0 Å². The molecule has 0 aliphatic rings. The highest BCUT2D eigenvalue weighted by atomic mass is 35.5. The third-order valence-corrected chi connectivity index (χ3v) is 2.05. The molecule has 4 N–H and O–H groups in total. The van der Waals surface area contributed by atoms with Crippen LogP contribution in [0.3, 0.4) is 0 Å². The smallest absolute Gasteiger partial charge is 0.416 e. The van der Waals surface area contributed by atoms with Gasteiger partial charge in [0.25, 0.3) is 0 Å². The maximum absolute atomic E-state index is 12.4. The fourth-order valence-corrected chi connectivity index (χ4v) is 1.21. The summed E-state index contributed by atoms with van der Waals surface area (Å²) in [6.45, 7) is -0.267. The van der Waals surface area contributed by atoms with E-state index in [1.165, 1.54) is 12.1 Å². The van der Waals surface area contributed by atoms with Crippen molar-refractivity contribution < 1.29 is 22.7 Å². The van der Waals surface area contributed by atoms with E-state index in [2.05, 4.69) is 4.74 Å². The van der Waals surface area contributed by atoms with Gasteiger partial charge < -0.3 is 16.2 Å². The number of nitrogens with two attached hydrogens (primary N) is 2. The Labute approximate surface area is 107 Å². The van der Waals surface area contributed by atoms with Crippen molar-refractivity contribution in [2.24, 2.45) is 11.5 Å². The number of carbonyl (C=O) groups excluding carboxylic acids is 1. The second-order valence-electron chi connectivity index (χ2n) is 3.36. The molecule has 0 radical (unpaired) electrons. The van der Waals surface area contributed by atoms with Crippen LogP contribution in [0.25, 0.3) is 0 Å². The van der Waals surface area contributed by atoms with Gasteiger partial charge in [-0.3, -0.25) is 0 Å². The molecule has 102 valence electrons. The van der Waals surface area contributed by atoms with E-state index in [0.717, 1.165) is 12.1 Å². The SMILES string of the molecule is Cl.NC(=O)OCC(N)c1cccc(C(F)(F)F)c1. The van der Waals surface area contributed by atoms with Crippen molar-refractivity contribution in [3.63, 3.8) is 0 Å². The summed E-state index contributed by atoms with van der Waals surface area (Å²) in [5.74, 6) is 0. The molecule has 0 saturated heterocycles. The van der Waals surface area contributed by atoms with Crippen molar-refractivity contribution in [1.82, 2.24) is 0 Å². The molecule has 18 heavy (non-hydrogen) atoms. The van der Waals surface area contributed by atoms with E-state index in [9.17, 15) is 18.0 Å². The average molecular weight is 285 g/mol. The minimum Gasteiger partial charge on any atom is -0.448 e. The number of ether oxygens (including phenoxy) is 1. The Balaban J connectivity index is 0.00000289. The standard InChI is InChI=1S/C10H11F3N2O2.ClH/c11-10(12,13)7-3-1-2-6(4-7)8(14)5-17-9(15)16;/h1-4,8H,5,14H2,(H2,15,16);1H. The maximum Gasteiger partial charge on any atom is 0.416 e. The molecule has 8 heteroatoms. The number of primary amides is 1. The van der Waals surface area contributed by atoms with E-state index in [0.29, 0.717) is 0 Å². The fourth-order valence-electron chi connectivity index (χ4n) is 1.21. The highest BCUT2D eigenvalue weighted by molar-refractivity contribution is 5.85. The van der Waals surface area contributed by atoms with E-state index in [4.69, 9.17) is 11.5 Å². The minimum absolute atomic E-state index is 0. The number of carbonyl (C=O) groups is 1. The molecule has 0 heterocycles. The van der Waals surface area contributed by atoms with Crippen LogP contribution in [0.15, 0.2) is 24.3 Å². The van der Waals surface area contributed by atoms with Gasteiger partial charge in [-0.05, 0) is 17.7 Å². The van der Waals surface area contributed by atoms with Crippen molar-refractivity contribution in [3.05, 3.63) is 35.4 Å². The average Bonchev–Trinajstić information content (AvgIpc) is 2.25. The van der Waals surface area contributed by atoms with Crippen molar-refractivity contribution >= 4 is 18.5 Å². The predicted molar refractivity (Wildman–Crippen MR) is 61.2 cm³/mol. The molecule has 0 spiro atoms. The molecule has 1 aromatic carbocycles. The summed E-state index contributed by atoms with van der Waals surface area (Å²) in [6.07, 6.45) is -5.45. The summed E-state index contributed by atoms with van der Waals surface area (Å²) in [7, 11) is 0. The topological polar surface area (TPSA) is 78.3 Å². The Bertz CT molecular complexity index is 412. The Hall–Kier alpha value is -1.47. The van der Waals surface area contributed by atoms with E-state index in [1.807, 2.05) is 0 Å². The second kappa shape index (κ2) is 6.46. The number of rotatable bonds is 3. The third kappa shape index (κ3) is 4.80. The molecule has 1 aromatic rings. The lowest BCUT2D eigenvalue weighted by atomic mass is 10.1. The molecule has 0 fully saturated rings. The van der Waals surface area contributed by atoms with Crippen molar-refractivity contribution in [2.45, 2.75) is 12.2 Å². The fraction of sp³-hybridized carbons (Fsp3) is 0.300. The van der Waals surface area contributed by atoms with Gasteiger partial charge in [0.1, 0.15) is 6.61 Å². The molecule has 0 bridgehead atoms. The molecule has 1 unspecified atom stereocenters. The lowest BCUT2D eigenvalue weighted by Gasteiger charge is -2.14. The van der Waals surface area contributed by atoms with Crippen LogP contribution in [0, 0.1) is 0 Å². The molecule has 4 nitrogen and oxygen atoms in total. The van der Waals surface area contributed by atoms with Gasteiger partial charge in [0.15, 0.2) is 0 Å². The van der Waals surface area contributed by atoms with Crippen LogP contribution in [0.4, 0.5) is 18.0 Å². The van der Waals surface area contributed by atoms with Gasteiger partial charge >= 0.3 is 12.3 Å². The summed E-state index contributed by atoms with van der Waals surface area (Å²) in [6, 6.07) is 3.66. The molecular weight excluding hydrogens is 273 g/mol. The Morgan fingerprint density at radius 2 is 2.00 bits per heavy atom. The van der Waals surface area contributed by atoms with E-state index in [1.54, 1.807) is 0 Å². The molecule has 0 aliphatic carbocycles. The van der Waals surface area contributed by atoms with Gasteiger partial charge in [0.05, 0.1) is 11.6 Å². The van der Waals surface area contributed by atoms with Gasteiger partial charge in [0, 0.05) is 0 Å². The highest BCUT2D eigenvalue weighted by Crippen LogP contribution is 2.30. The molecule has 0 aromatic heterocycles. The first-order chi connectivity index (χ1) is 7.80. The van der Waals surface area contributed by atoms with Gasteiger partial charge in [-0.25, -0.2) is 4.79 Å². The normalized spacial score (nSPS) is 12.4. The van der Waals surface area contributed by atoms with Crippen LogP contribution < -0.4 is 11.5 Å². The van der Waals surface area contributed by atoms with Gasteiger partial charge in [-0.2, -0.15) is 13.2 Å². The Morgan fingerprint density at radius 1 is 1.39 bits per heavy atom. The third-order valence-electron chi connectivity index (χ3n) is 2.05. The van der Waals surface area contributed by atoms with Crippen molar-refractivity contribution in [3.8, 4) is 0 Å². The van der Waals surface area contributed by atoms with Crippen LogP contribution in [-0.2, 0) is 10.9 Å². The zero-order valence-electron chi connectivity index (χ0n) is 9.11. The van der Waals surface area contributed by atoms with Crippen LogP contribution in [0.2, 0.25) is 0 Å². The minimum atomic E-state index is -4.43. The van der Waals surface area contributed by atoms with E-state index >= 15 is 0 Å². The van der Waals surface area contributed by atoms with Crippen LogP contribution >= 0.6 is 12.4 Å². The van der Waals surface area contributed by atoms with Gasteiger partial charge in [-0.15, -0.1) is 12.4 Å². The lowest BCUT2D eigenvalue weighted by Crippen LogP contribution is -2.23. The monoisotopic (exact) mass is 284 g/mol. The lowest BCUT2D eigenvalue weighted by molar-refractivity contribution is -0.137. The van der Waals surface area contributed by atoms with Gasteiger partial charge in [0.2, 0.25) is 0 Å². The number of alkyl halides is 3. The molecule has 1 atom stereocenters. The van der Waals surface area contributed by atoms with Crippen LogP contribution in [0.1, 0.15) is 17.2 Å². The van der Waals surface area contributed by atoms with Crippen molar-refractivity contribution in [2.75, 3.05) is 6.61 Å². The second-order valence-corrected chi connectivity index (χ2v) is 3.36. The first kappa shape index (κ1) is 16.5. The number of halogens is 4. The highest BCUT2D eigenvalue weighted by Gasteiger charge is 2.30. The number of hydrogen-bond donors (Lipinski definition) is 2.